The largest absolute Gasteiger partial charge is 0.497 e. The highest BCUT2D eigenvalue weighted by atomic mass is 32.2. The fraction of sp³-hybridized carbons (Fsp3) is 0.333. The van der Waals surface area contributed by atoms with Gasteiger partial charge in [-0.3, -0.25) is 13.9 Å². The Morgan fingerprint density at radius 1 is 0.950 bits per heavy atom. The van der Waals surface area contributed by atoms with Gasteiger partial charge in [0.25, 0.3) is 0 Å². The van der Waals surface area contributed by atoms with Crippen LogP contribution >= 0.6 is 0 Å². The molecular weight excluding hydrogens is 533 g/mol. The van der Waals surface area contributed by atoms with Crippen LogP contribution in [0.15, 0.2) is 78.9 Å². The van der Waals surface area contributed by atoms with Crippen molar-refractivity contribution in [1.29, 1.82) is 0 Å². The van der Waals surface area contributed by atoms with E-state index in [1.807, 2.05) is 51.1 Å². The lowest BCUT2D eigenvalue weighted by Crippen LogP contribution is -2.56. The molecule has 1 atom stereocenters. The maximum atomic E-state index is 14.7. The maximum Gasteiger partial charge on any atom is 0.244 e. The van der Waals surface area contributed by atoms with E-state index in [9.17, 15) is 22.4 Å². The first-order valence-corrected chi connectivity index (χ1v) is 14.6. The van der Waals surface area contributed by atoms with Crippen molar-refractivity contribution in [2.24, 2.45) is 0 Å². The van der Waals surface area contributed by atoms with Gasteiger partial charge in [0.05, 0.1) is 19.1 Å². The van der Waals surface area contributed by atoms with Gasteiger partial charge in [0, 0.05) is 18.5 Å². The monoisotopic (exact) mass is 569 g/mol. The number of anilines is 1. The molecule has 10 heteroatoms. The number of amides is 2. The Kier molecular flexibility index (Phi) is 9.92. The molecule has 0 saturated carbocycles. The molecule has 0 aromatic heterocycles. The third kappa shape index (κ3) is 8.54. The highest BCUT2D eigenvalue weighted by Crippen LogP contribution is 2.24. The number of rotatable bonds is 11. The van der Waals surface area contributed by atoms with E-state index in [0.29, 0.717) is 11.3 Å². The highest BCUT2D eigenvalue weighted by Gasteiger charge is 2.34. The average Bonchev–Trinajstić information content (AvgIpc) is 2.88. The van der Waals surface area contributed by atoms with E-state index in [2.05, 4.69) is 5.32 Å². The van der Waals surface area contributed by atoms with Crippen LogP contribution in [0.1, 0.15) is 31.9 Å². The molecule has 0 aliphatic heterocycles. The molecule has 0 aliphatic rings. The van der Waals surface area contributed by atoms with Crippen LogP contribution in [0.5, 0.6) is 5.75 Å². The van der Waals surface area contributed by atoms with Gasteiger partial charge in [0.2, 0.25) is 21.8 Å². The van der Waals surface area contributed by atoms with Crippen LogP contribution in [-0.2, 0) is 32.6 Å². The second kappa shape index (κ2) is 13.0. The van der Waals surface area contributed by atoms with Crippen molar-refractivity contribution in [3.05, 3.63) is 95.8 Å². The molecule has 0 heterocycles. The van der Waals surface area contributed by atoms with Gasteiger partial charge in [-0.15, -0.1) is 0 Å². The molecule has 3 aromatic carbocycles. The zero-order valence-corrected chi connectivity index (χ0v) is 24.2. The van der Waals surface area contributed by atoms with Crippen molar-refractivity contribution >= 4 is 27.5 Å². The SMILES string of the molecule is COc1cccc(CN(C(=O)CN(c2ccccc2F)S(C)(=O)=O)C(Cc2ccccc2)C(=O)NC(C)(C)C)c1. The molecule has 0 fully saturated rings. The summed E-state index contributed by atoms with van der Waals surface area (Å²) in [6, 6.07) is 20.6. The van der Waals surface area contributed by atoms with Crippen LogP contribution in [0.3, 0.4) is 0 Å². The van der Waals surface area contributed by atoms with Crippen molar-refractivity contribution in [3.8, 4) is 5.75 Å². The summed E-state index contributed by atoms with van der Waals surface area (Å²) in [7, 11) is -2.54. The summed E-state index contributed by atoms with van der Waals surface area (Å²) in [5.41, 5.74) is 0.640. The Labute approximate surface area is 235 Å². The first-order chi connectivity index (χ1) is 18.8. The topological polar surface area (TPSA) is 96.0 Å². The third-order valence-corrected chi connectivity index (χ3v) is 7.18. The third-order valence-electron chi connectivity index (χ3n) is 6.06. The first kappa shape index (κ1) is 30.6. The Bertz CT molecular complexity index is 1420. The predicted octanol–water partition coefficient (Wildman–Crippen LogP) is 4.16. The fourth-order valence-electron chi connectivity index (χ4n) is 4.22. The highest BCUT2D eigenvalue weighted by molar-refractivity contribution is 7.92. The molecule has 1 N–H and O–H groups in total. The summed E-state index contributed by atoms with van der Waals surface area (Å²) in [5, 5.41) is 2.96. The summed E-state index contributed by atoms with van der Waals surface area (Å²) in [6.07, 6.45) is 1.09. The quantitative estimate of drug-likeness (QED) is 0.374. The van der Waals surface area contributed by atoms with Crippen LogP contribution in [0.25, 0.3) is 0 Å². The Morgan fingerprint density at radius 2 is 1.57 bits per heavy atom. The molecule has 3 aromatic rings. The molecule has 0 aliphatic carbocycles. The van der Waals surface area contributed by atoms with Crippen molar-refractivity contribution in [1.82, 2.24) is 10.2 Å². The minimum Gasteiger partial charge on any atom is -0.497 e. The average molecular weight is 570 g/mol. The zero-order chi connectivity index (χ0) is 29.5. The Hall–Kier alpha value is -3.92. The number of para-hydroxylation sites is 1. The van der Waals surface area contributed by atoms with E-state index in [-0.39, 0.29) is 18.7 Å². The summed E-state index contributed by atoms with van der Waals surface area (Å²) >= 11 is 0. The lowest BCUT2D eigenvalue weighted by molar-refractivity contribution is -0.140. The number of sulfonamides is 1. The zero-order valence-electron chi connectivity index (χ0n) is 23.4. The van der Waals surface area contributed by atoms with Gasteiger partial charge < -0.3 is 15.0 Å². The number of hydrogen-bond acceptors (Lipinski definition) is 5. The lowest BCUT2D eigenvalue weighted by atomic mass is 10.0. The van der Waals surface area contributed by atoms with Crippen LogP contribution in [0.4, 0.5) is 10.1 Å². The number of carbonyl (C=O) groups excluding carboxylic acids is 2. The molecular formula is C30H36FN3O5S. The number of ether oxygens (including phenoxy) is 1. The van der Waals surface area contributed by atoms with E-state index in [4.69, 9.17) is 4.74 Å². The van der Waals surface area contributed by atoms with Crippen LogP contribution in [0, 0.1) is 5.82 Å². The molecule has 2 amide bonds. The molecule has 0 spiro atoms. The van der Waals surface area contributed by atoms with E-state index < -0.39 is 45.8 Å². The number of carbonyl (C=O) groups is 2. The molecule has 3 rings (SSSR count). The minimum atomic E-state index is -4.06. The molecule has 0 bridgehead atoms. The van der Waals surface area contributed by atoms with Crippen LogP contribution < -0.4 is 14.4 Å². The van der Waals surface area contributed by atoms with Crippen molar-refractivity contribution in [2.75, 3.05) is 24.2 Å². The smallest absolute Gasteiger partial charge is 0.244 e. The van der Waals surface area contributed by atoms with Crippen molar-refractivity contribution < 1.29 is 27.1 Å². The Balaban J connectivity index is 2.10. The van der Waals surface area contributed by atoms with Gasteiger partial charge in [-0.2, -0.15) is 0 Å². The van der Waals surface area contributed by atoms with Gasteiger partial charge >= 0.3 is 0 Å². The van der Waals surface area contributed by atoms with Gasteiger partial charge in [-0.25, -0.2) is 12.8 Å². The lowest BCUT2D eigenvalue weighted by Gasteiger charge is -2.35. The molecule has 40 heavy (non-hydrogen) atoms. The number of nitrogens with zero attached hydrogens (tertiary/aromatic N) is 2. The van der Waals surface area contributed by atoms with Gasteiger partial charge in [-0.05, 0) is 56.2 Å². The second-order valence-electron chi connectivity index (χ2n) is 10.5. The van der Waals surface area contributed by atoms with Crippen LogP contribution in [-0.4, -0.2) is 56.6 Å². The summed E-state index contributed by atoms with van der Waals surface area (Å²) in [5.74, 6) is -1.29. The van der Waals surface area contributed by atoms with E-state index >= 15 is 0 Å². The summed E-state index contributed by atoms with van der Waals surface area (Å²) < 4.78 is 46.3. The number of hydrogen-bond donors (Lipinski definition) is 1. The molecule has 1 unspecified atom stereocenters. The molecule has 8 nitrogen and oxygen atoms in total. The molecule has 214 valence electrons. The second-order valence-corrected chi connectivity index (χ2v) is 12.4. The standard InChI is InChI=1S/C30H36FN3O5S/c1-30(2,3)32-29(36)27(19-22-12-7-6-8-13-22)33(20-23-14-11-15-24(18-23)39-4)28(35)21-34(40(5,37)38)26-17-10-9-16-25(26)31/h6-18,27H,19-21H2,1-5H3,(H,32,36). The molecule has 0 saturated heterocycles. The fourth-order valence-corrected chi connectivity index (χ4v) is 5.07. The maximum absolute atomic E-state index is 14.7. The first-order valence-electron chi connectivity index (χ1n) is 12.8. The van der Waals surface area contributed by atoms with Crippen molar-refractivity contribution in [2.45, 2.75) is 45.3 Å². The van der Waals surface area contributed by atoms with Crippen LogP contribution in [0.2, 0.25) is 0 Å². The van der Waals surface area contributed by atoms with Gasteiger partial charge in [0.15, 0.2) is 0 Å². The van der Waals surface area contributed by atoms with E-state index in [1.165, 1.54) is 30.2 Å². The van der Waals surface area contributed by atoms with E-state index in [0.717, 1.165) is 22.2 Å². The summed E-state index contributed by atoms with van der Waals surface area (Å²) in [4.78, 5) is 29.1. The number of methoxy groups -OCH3 is 1. The normalized spacial score (nSPS) is 12.3. The Morgan fingerprint density at radius 3 is 2.17 bits per heavy atom. The van der Waals surface area contributed by atoms with Gasteiger partial charge in [0.1, 0.15) is 24.2 Å². The molecule has 0 radical (unpaired) electrons. The van der Waals surface area contributed by atoms with Gasteiger partial charge in [-0.1, -0.05) is 54.6 Å². The minimum absolute atomic E-state index is 0.0139. The predicted molar refractivity (Wildman–Crippen MR) is 154 cm³/mol. The number of halogens is 1. The number of nitrogens with one attached hydrogen (secondary N) is 1. The number of benzene rings is 3. The summed E-state index contributed by atoms with van der Waals surface area (Å²) in [6.45, 7) is 4.80. The van der Waals surface area contributed by atoms with Crippen molar-refractivity contribution in [3.63, 3.8) is 0 Å². The van der Waals surface area contributed by atoms with E-state index in [1.54, 1.807) is 24.3 Å².